The molecule has 2 heterocycles. The summed E-state index contributed by atoms with van der Waals surface area (Å²) in [6.45, 7) is 2.05. The molecule has 0 bridgehead atoms. The van der Waals surface area contributed by atoms with Gasteiger partial charge in [0, 0.05) is 16.2 Å². The molecule has 4 rings (SSSR count). The van der Waals surface area contributed by atoms with Gasteiger partial charge in [-0.25, -0.2) is 4.98 Å². The van der Waals surface area contributed by atoms with Crippen molar-refractivity contribution in [3.05, 3.63) is 76.9 Å². The minimum Gasteiger partial charge on any atom is -0.507 e. The topological polar surface area (TPSA) is 49.6 Å². The zero-order chi connectivity index (χ0) is 17.4. The highest BCUT2D eigenvalue weighted by Gasteiger charge is 2.17. The molecule has 25 heavy (non-hydrogen) atoms. The van der Waals surface area contributed by atoms with Crippen LogP contribution in [-0.2, 0) is 0 Å². The third-order valence-electron chi connectivity index (χ3n) is 4.07. The number of anilines is 2. The van der Waals surface area contributed by atoms with Gasteiger partial charge in [0.2, 0.25) is 0 Å². The summed E-state index contributed by atoms with van der Waals surface area (Å²) >= 11 is 3.61. The number of pyridine rings is 1. The van der Waals surface area contributed by atoms with Gasteiger partial charge in [0.1, 0.15) is 22.9 Å². The van der Waals surface area contributed by atoms with E-state index in [1.807, 2.05) is 47.0 Å². The summed E-state index contributed by atoms with van der Waals surface area (Å²) in [6, 6.07) is 19.2. The summed E-state index contributed by atoms with van der Waals surface area (Å²) in [6.07, 6.45) is 1.95. The number of para-hydroxylation sites is 1. The number of phenols is 1. The van der Waals surface area contributed by atoms with Crippen LogP contribution in [0.1, 0.15) is 5.56 Å². The molecule has 0 aliphatic carbocycles. The highest BCUT2D eigenvalue weighted by atomic mass is 79.9. The van der Waals surface area contributed by atoms with E-state index in [0.29, 0.717) is 11.3 Å². The molecule has 2 N–H and O–H groups in total. The van der Waals surface area contributed by atoms with Gasteiger partial charge in [-0.1, -0.05) is 24.3 Å². The van der Waals surface area contributed by atoms with Crippen LogP contribution < -0.4 is 5.32 Å². The molecular formula is C20H16BrN3O. The third kappa shape index (κ3) is 2.87. The maximum atomic E-state index is 10.3. The normalized spacial score (nSPS) is 11.0. The van der Waals surface area contributed by atoms with Crippen LogP contribution in [0.15, 0.2) is 71.3 Å². The average Bonchev–Trinajstić information content (AvgIpc) is 2.96. The van der Waals surface area contributed by atoms with E-state index in [1.54, 1.807) is 12.1 Å². The van der Waals surface area contributed by atoms with E-state index in [1.165, 1.54) is 5.56 Å². The largest absolute Gasteiger partial charge is 0.507 e. The van der Waals surface area contributed by atoms with Gasteiger partial charge in [-0.05, 0) is 64.8 Å². The Morgan fingerprint density at radius 2 is 1.84 bits per heavy atom. The van der Waals surface area contributed by atoms with E-state index in [0.717, 1.165) is 21.6 Å². The standard InChI is InChI=1S/C20H16BrN3O/c1-13-9-10-16(15(21)12-13)22-20-19(14-6-2-3-7-17(14)25)23-18-8-4-5-11-24(18)20/h2-12,22,25H,1H3. The lowest BCUT2D eigenvalue weighted by Crippen LogP contribution is -1.98. The Hall–Kier alpha value is -2.79. The number of aromatic hydroxyl groups is 1. The van der Waals surface area contributed by atoms with Gasteiger partial charge in [-0.3, -0.25) is 4.40 Å². The zero-order valence-electron chi connectivity index (χ0n) is 13.6. The summed E-state index contributed by atoms with van der Waals surface area (Å²) in [5, 5.41) is 13.7. The van der Waals surface area contributed by atoms with E-state index in [-0.39, 0.29) is 5.75 Å². The molecule has 4 aromatic rings. The molecule has 0 amide bonds. The molecule has 0 fully saturated rings. The fraction of sp³-hybridized carbons (Fsp3) is 0.0500. The molecule has 0 radical (unpaired) electrons. The van der Waals surface area contributed by atoms with Crippen molar-refractivity contribution in [3.63, 3.8) is 0 Å². The van der Waals surface area contributed by atoms with Crippen molar-refractivity contribution in [1.82, 2.24) is 9.38 Å². The van der Waals surface area contributed by atoms with Crippen LogP contribution in [0, 0.1) is 6.92 Å². The van der Waals surface area contributed by atoms with Crippen molar-refractivity contribution in [2.45, 2.75) is 6.92 Å². The van der Waals surface area contributed by atoms with E-state index in [4.69, 9.17) is 4.98 Å². The van der Waals surface area contributed by atoms with Crippen LogP contribution in [0.25, 0.3) is 16.9 Å². The van der Waals surface area contributed by atoms with Crippen LogP contribution in [0.3, 0.4) is 0 Å². The van der Waals surface area contributed by atoms with Crippen molar-refractivity contribution >= 4 is 33.1 Å². The minimum atomic E-state index is 0.205. The number of nitrogens with one attached hydrogen (secondary N) is 1. The van der Waals surface area contributed by atoms with Crippen LogP contribution >= 0.6 is 15.9 Å². The molecule has 4 nitrogen and oxygen atoms in total. The molecule has 0 unspecified atom stereocenters. The van der Waals surface area contributed by atoms with Gasteiger partial charge < -0.3 is 10.4 Å². The van der Waals surface area contributed by atoms with Gasteiger partial charge in [-0.2, -0.15) is 0 Å². The van der Waals surface area contributed by atoms with Crippen molar-refractivity contribution in [2.75, 3.05) is 5.32 Å². The Kier molecular flexibility index (Phi) is 3.93. The second-order valence-electron chi connectivity index (χ2n) is 5.86. The van der Waals surface area contributed by atoms with Crippen molar-refractivity contribution < 1.29 is 5.11 Å². The lowest BCUT2D eigenvalue weighted by Gasteiger charge is -2.11. The second-order valence-corrected chi connectivity index (χ2v) is 6.72. The van der Waals surface area contributed by atoms with Crippen LogP contribution in [-0.4, -0.2) is 14.5 Å². The third-order valence-corrected chi connectivity index (χ3v) is 4.72. The van der Waals surface area contributed by atoms with Crippen molar-refractivity contribution in [3.8, 4) is 17.0 Å². The lowest BCUT2D eigenvalue weighted by atomic mass is 10.1. The lowest BCUT2D eigenvalue weighted by molar-refractivity contribution is 0.477. The Balaban J connectivity index is 1.92. The molecule has 0 saturated carbocycles. The molecule has 5 heteroatoms. The first-order valence-electron chi connectivity index (χ1n) is 7.92. The number of fused-ring (bicyclic) bond motifs is 1. The predicted molar refractivity (Wildman–Crippen MR) is 104 cm³/mol. The number of phenolic OH excluding ortho intramolecular Hbond substituents is 1. The van der Waals surface area contributed by atoms with E-state index < -0.39 is 0 Å². The van der Waals surface area contributed by atoms with Crippen LogP contribution in [0.4, 0.5) is 11.5 Å². The molecule has 2 aromatic heterocycles. The highest BCUT2D eigenvalue weighted by Crippen LogP contribution is 2.37. The number of benzene rings is 2. The number of rotatable bonds is 3. The Morgan fingerprint density at radius 1 is 1.04 bits per heavy atom. The van der Waals surface area contributed by atoms with Gasteiger partial charge >= 0.3 is 0 Å². The monoisotopic (exact) mass is 393 g/mol. The van der Waals surface area contributed by atoms with Crippen LogP contribution in [0.2, 0.25) is 0 Å². The summed E-state index contributed by atoms with van der Waals surface area (Å²) in [5.74, 6) is 1.01. The molecule has 0 saturated heterocycles. The Morgan fingerprint density at radius 3 is 2.64 bits per heavy atom. The Bertz CT molecular complexity index is 1070. The number of aromatic nitrogens is 2. The Labute approximate surface area is 153 Å². The number of aryl methyl sites for hydroxylation is 1. The summed E-state index contributed by atoms with van der Waals surface area (Å²) in [7, 11) is 0. The van der Waals surface area contributed by atoms with Gasteiger partial charge in [-0.15, -0.1) is 0 Å². The quantitative estimate of drug-likeness (QED) is 0.481. The number of halogens is 1. The van der Waals surface area contributed by atoms with E-state index >= 15 is 0 Å². The van der Waals surface area contributed by atoms with Gasteiger partial charge in [0.25, 0.3) is 0 Å². The number of hydrogen-bond acceptors (Lipinski definition) is 3. The molecular weight excluding hydrogens is 378 g/mol. The van der Waals surface area contributed by atoms with E-state index in [2.05, 4.69) is 40.3 Å². The highest BCUT2D eigenvalue weighted by molar-refractivity contribution is 9.10. The maximum Gasteiger partial charge on any atom is 0.143 e. The molecule has 124 valence electrons. The van der Waals surface area contributed by atoms with E-state index in [9.17, 15) is 5.11 Å². The first kappa shape index (κ1) is 15.7. The first-order chi connectivity index (χ1) is 12.1. The molecule has 0 spiro atoms. The summed E-state index contributed by atoms with van der Waals surface area (Å²) < 4.78 is 2.95. The summed E-state index contributed by atoms with van der Waals surface area (Å²) in [4.78, 5) is 4.71. The van der Waals surface area contributed by atoms with Gasteiger partial charge in [0.15, 0.2) is 0 Å². The minimum absolute atomic E-state index is 0.205. The number of nitrogens with zero attached hydrogens (tertiary/aromatic N) is 2. The first-order valence-corrected chi connectivity index (χ1v) is 8.71. The smallest absolute Gasteiger partial charge is 0.143 e. The van der Waals surface area contributed by atoms with Crippen LogP contribution in [0.5, 0.6) is 5.75 Å². The molecule has 0 aliphatic heterocycles. The fourth-order valence-corrected chi connectivity index (χ4v) is 3.42. The number of hydrogen-bond donors (Lipinski definition) is 2. The SMILES string of the molecule is Cc1ccc(Nc2c(-c3ccccc3O)nc3ccccn23)c(Br)c1. The molecule has 0 aliphatic rings. The maximum absolute atomic E-state index is 10.3. The zero-order valence-corrected chi connectivity index (χ0v) is 15.2. The average molecular weight is 394 g/mol. The van der Waals surface area contributed by atoms with Crippen molar-refractivity contribution in [2.24, 2.45) is 0 Å². The number of imidazole rings is 1. The van der Waals surface area contributed by atoms with Crippen molar-refractivity contribution in [1.29, 1.82) is 0 Å². The second kappa shape index (κ2) is 6.26. The summed E-state index contributed by atoms with van der Waals surface area (Å²) in [5.41, 5.74) is 4.32. The predicted octanol–water partition coefficient (Wildman–Crippen LogP) is 5.52. The molecule has 0 atom stereocenters. The van der Waals surface area contributed by atoms with Gasteiger partial charge in [0.05, 0.1) is 5.69 Å². The fourth-order valence-electron chi connectivity index (χ4n) is 2.83. The molecule has 2 aromatic carbocycles.